The quantitative estimate of drug-likeness (QED) is 0.340. The normalized spacial score (nSPS) is 10.8. The van der Waals surface area contributed by atoms with Gasteiger partial charge in [0.05, 0.1) is 30.4 Å². The van der Waals surface area contributed by atoms with E-state index in [1.165, 1.54) is 0 Å². The highest BCUT2D eigenvalue weighted by atomic mass is 15.1. The van der Waals surface area contributed by atoms with Crippen molar-refractivity contribution in [1.82, 2.24) is 40.8 Å². The van der Waals surface area contributed by atoms with Crippen molar-refractivity contribution < 1.29 is 0 Å². The van der Waals surface area contributed by atoms with E-state index in [0.29, 0.717) is 0 Å². The molecule has 0 aliphatic carbocycles. The fraction of sp³-hybridized carbons (Fsp3) is 0.0625. The van der Waals surface area contributed by atoms with Crippen LogP contribution in [0.5, 0.6) is 0 Å². The van der Waals surface area contributed by atoms with E-state index in [9.17, 15) is 0 Å². The van der Waals surface area contributed by atoms with Gasteiger partial charge in [-0.25, -0.2) is 9.97 Å². The smallest absolute Gasteiger partial charge is 0.0931 e. The zero-order chi connectivity index (χ0) is 16.7. The number of hydrogen-bond acceptors (Lipinski definition) is 5. The van der Waals surface area contributed by atoms with Gasteiger partial charge >= 0.3 is 0 Å². The summed E-state index contributed by atoms with van der Waals surface area (Å²) in [5.74, 6) is 0. The highest BCUT2D eigenvalue weighted by Crippen LogP contribution is 2.05. The van der Waals surface area contributed by atoms with Crippen molar-refractivity contribution in [2.24, 2.45) is 0 Å². The number of fused-ring (bicyclic) bond motifs is 1. The van der Waals surface area contributed by atoms with Gasteiger partial charge < -0.3 is 20.6 Å². The maximum absolute atomic E-state index is 4.06. The maximum Gasteiger partial charge on any atom is 0.0931 e. The Morgan fingerprint density at radius 1 is 0.875 bits per heavy atom. The molecule has 4 heterocycles. The van der Waals surface area contributed by atoms with Gasteiger partial charge in [0, 0.05) is 37.2 Å². The number of rotatable bonds is 0. The van der Waals surface area contributed by atoms with Crippen molar-refractivity contribution in [3.05, 3.63) is 80.2 Å². The van der Waals surface area contributed by atoms with Gasteiger partial charge in [-0.15, -0.1) is 0 Å². The molecule has 5 N–H and O–H groups in total. The molecule has 0 atom stereocenters. The summed E-state index contributed by atoms with van der Waals surface area (Å²) >= 11 is 0. The number of benzene rings is 1. The fourth-order valence-corrected chi connectivity index (χ4v) is 1.60. The van der Waals surface area contributed by atoms with E-state index in [-0.39, 0.29) is 0 Å². The molecule has 4 aromatic rings. The maximum atomic E-state index is 4.06. The number of aromatic amines is 3. The number of hydrogen-bond donors (Lipinski definition) is 5. The second kappa shape index (κ2) is 11.1. The van der Waals surface area contributed by atoms with Gasteiger partial charge in [0.1, 0.15) is 0 Å². The fourth-order valence-electron chi connectivity index (χ4n) is 1.60. The van der Waals surface area contributed by atoms with Crippen LogP contribution < -0.4 is 10.6 Å². The zero-order valence-corrected chi connectivity index (χ0v) is 13.1. The predicted octanol–water partition coefficient (Wildman–Crippen LogP) is 1.99. The van der Waals surface area contributed by atoms with Crippen LogP contribution in [0.15, 0.2) is 80.2 Å². The Morgan fingerprint density at radius 2 is 1.75 bits per heavy atom. The average molecular weight is 324 g/mol. The molecule has 0 spiro atoms. The lowest BCUT2D eigenvalue weighted by Crippen LogP contribution is -2.10. The minimum atomic E-state index is 0.889. The van der Waals surface area contributed by atoms with Gasteiger partial charge in [0.2, 0.25) is 0 Å². The van der Waals surface area contributed by atoms with Crippen LogP contribution in [0.3, 0.4) is 0 Å². The van der Waals surface area contributed by atoms with Gasteiger partial charge in [-0.05, 0) is 18.2 Å². The number of aromatic nitrogens is 6. The summed E-state index contributed by atoms with van der Waals surface area (Å²) in [5, 5.41) is 12.1. The van der Waals surface area contributed by atoms with Gasteiger partial charge in [0.25, 0.3) is 0 Å². The summed E-state index contributed by atoms with van der Waals surface area (Å²) in [4.78, 5) is 13.5. The molecule has 0 fully saturated rings. The van der Waals surface area contributed by atoms with Crippen LogP contribution in [-0.2, 0) is 0 Å². The molecule has 0 amide bonds. The van der Waals surface area contributed by atoms with Gasteiger partial charge in [-0.2, -0.15) is 5.10 Å². The second-order valence-corrected chi connectivity index (χ2v) is 4.37. The molecule has 5 rings (SSSR count). The number of imidazole rings is 2. The van der Waals surface area contributed by atoms with Gasteiger partial charge in [0.15, 0.2) is 0 Å². The Bertz CT molecular complexity index is 662. The minimum absolute atomic E-state index is 0.889. The second-order valence-electron chi connectivity index (χ2n) is 4.37. The number of nitrogens with one attached hydrogen (secondary N) is 5. The number of nitrogens with zero attached hydrogens (tertiary/aromatic N) is 3. The molecule has 0 saturated carbocycles. The first kappa shape index (κ1) is 16.8. The van der Waals surface area contributed by atoms with Crippen molar-refractivity contribution in [3.8, 4) is 0 Å². The third kappa shape index (κ3) is 6.94. The third-order valence-electron chi connectivity index (χ3n) is 2.66. The summed E-state index contributed by atoms with van der Waals surface area (Å²) in [6.07, 6.45) is 14.0. The van der Waals surface area contributed by atoms with Gasteiger partial charge in [-0.3, -0.25) is 5.10 Å². The van der Waals surface area contributed by atoms with Crippen molar-refractivity contribution in [1.29, 1.82) is 0 Å². The molecular weight excluding hydrogens is 304 g/mol. The van der Waals surface area contributed by atoms with E-state index < -0.39 is 0 Å². The molecule has 1 aliphatic rings. The van der Waals surface area contributed by atoms with Crippen molar-refractivity contribution in [2.45, 2.75) is 0 Å². The van der Waals surface area contributed by atoms with Crippen LogP contribution in [-0.4, -0.2) is 36.8 Å². The SMILES string of the molecule is C1=CNCN1.c1c[nH]cn1.c1ccc2[nH]cnc2c1.c1cn[nH]c1. The van der Waals surface area contributed by atoms with E-state index in [4.69, 9.17) is 0 Å². The summed E-state index contributed by atoms with van der Waals surface area (Å²) in [7, 11) is 0. The summed E-state index contributed by atoms with van der Waals surface area (Å²) in [5.41, 5.74) is 2.12. The standard InChI is InChI=1S/C7H6N2.C3H6N2.2C3H4N2/c1-2-4-7-6(3-1)8-5-9-7;2*1-2-5-3-4-1;1-2-4-5-3-1/h1-5H,(H,8,9);1-2,4-5H,3H2;2*1-3H,(H,4,5). The molecule has 8 heteroatoms. The average Bonchev–Trinajstić information content (AvgIpc) is 3.48. The molecule has 1 aliphatic heterocycles. The van der Waals surface area contributed by atoms with E-state index in [1.807, 2.05) is 42.7 Å². The largest absolute Gasteiger partial charge is 0.373 e. The van der Waals surface area contributed by atoms with Gasteiger partial charge in [-0.1, -0.05) is 12.1 Å². The Hall–Kier alpha value is -3.55. The molecule has 0 saturated heterocycles. The van der Waals surface area contributed by atoms with Crippen molar-refractivity contribution in [3.63, 3.8) is 0 Å². The summed E-state index contributed by atoms with van der Waals surface area (Å²) in [6.45, 7) is 0.889. The summed E-state index contributed by atoms with van der Waals surface area (Å²) in [6, 6.07) is 9.78. The summed E-state index contributed by atoms with van der Waals surface area (Å²) < 4.78 is 0. The minimum Gasteiger partial charge on any atom is -0.373 e. The monoisotopic (exact) mass is 324 g/mol. The first-order chi connectivity index (χ1) is 12.0. The highest BCUT2D eigenvalue weighted by Gasteiger charge is 1.88. The Labute approximate surface area is 139 Å². The topological polar surface area (TPSA) is 110 Å². The van der Waals surface area contributed by atoms with E-state index >= 15 is 0 Å². The Morgan fingerprint density at radius 3 is 2.21 bits per heavy atom. The molecular formula is C16H20N8. The molecule has 0 unspecified atom stereocenters. The molecule has 24 heavy (non-hydrogen) atoms. The molecule has 3 aromatic heterocycles. The van der Waals surface area contributed by atoms with Crippen LogP contribution in [0.1, 0.15) is 0 Å². The molecule has 1 aromatic carbocycles. The van der Waals surface area contributed by atoms with E-state index in [0.717, 1.165) is 17.7 Å². The predicted molar refractivity (Wildman–Crippen MR) is 93.5 cm³/mol. The van der Waals surface area contributed by atoms with Crippen LogP contribution in [0, 0.1) is 0 Å². The molecule has 124 valence electrons. The third-order valence-corrected chi connectivity index (χ3v) is 2.66. The molecule has 0 radical (unpaired) electrons. The number of para-hydroxylation sites is 2. The first-order valence-electron chi connectivity index (χ1n) is 7.33. The van der Waals surface area contributed by atoms with E-state index in [2.05, 4.69) is 40.8 Å². The lowest BCUT2D eigenvalue weighted by molar-refractivity contribution is 0.836. The van der Waals surface area contributed by atoms with Crippen LogP contribution in [0.25, 0.3) is 11.0 Å². The van der Waals surface area contributed by atoms with Crippen molar-refractivity contribution in [2.75, 3.05) is 6.67 Å². The zero-order valence-electron chi connectivity index (χ0n) is 13.1. The number of H-pyrrole nitrogens is 3. The first-order valence-corrected chi connectivity index (χ1v) is 7.33. The Balaban J connectivity index is 0.000000121. The lowest BCUT2D eigenvalue weighted by Gasteiger charge is -1.82. The highest BCUT2D eigenvalue weighted by molar-refractivity contribution is 5.73. The Kier molecular flexibility index (Phi) is 7.76. The van der Waals surface area contributed by atoms with Crippen LogP contribution in [0.4, 0.5) is 0 Å². The molecule has 0 bridgehead atoms. The molecule has 8 nitrogen and oxygen atoms in total. The van der Waals surface area contributed by atoms with Crippen molar-refractivity contribution >= 4 is 11.0 Å². The van der Waals surface area contributed by atoms with Crippen LogP contribution in [0.2, 0.25) is 0 Å². The van der Waals surface area contributed by atoms with E-state index in [1.54, 1.807) is 37.4 Å². The lowest BCUT2D eigenvalue weighted by atomic mass is 10.3. The van der Waals surface area contributed by atoms with Crippen LogP contribution >= 0.6 is 0 Å².